The van der Waals surface area contributed by atoms with Crippen LogP contribution in [0.2, 0.25) is 0 Å². The van der Waals surface area contributed by atoms with Gasteiger partial charge < -0.3 is 10.4 Å². The average molecular weight is 315 g/mol. The van der Waals surface area contributed by atoms with Crippen molar-refractivity contribution in [2.75, 3.05) is 6.61 Å². The van der Waals surface area contributed by atoms with Gasteiger partial charge in [0.1, 0.15) is 5.82 Å². The normalized spacial score (nSPS) is 13.3. The molecule has 3 nitrogen and oxygen atoms in total. The van der Waals surface area contributed by atoms with Crippen LogP contribution in [0.1, 0.15) is 30.4 Å². The molecule has 0 radical (unpaired) electrons. The molecule has 2 aromatic carbocycles. The number of carbonyl (C=O) groups excluding carboxylic acids is 1. The number of hydrogen-bond acceptors (Lipinski definition) is 2. The highest BCUT2D eigenvalue weighted by Crippen LogP contribution is 2.21. The maximum absolute atomic E-state index is 13.7. The van der Waals surface area contributed by atoms with E-state index in [-0.39, 0.29) is 36.7 Å². The predicted octanol–water partition coefficient (Wildman–Crippen LogP) is 3.04. The summed E-state index contributed by atoms with van der Waals surface area (Å²) in [5.41, 5.74) is 1.58. The average Bonchev–Trinajstić information content (AvgIpc) is 2.55. The predicted molar refractivity (Wildman–Crippen MR) is 88.6 cm³/mol. The van der Waals surface area contributed by atoms with Crippen LogP contribution in [0.5, 0.6) is 0 Å². The second-order valence-corrected chi connectivity index (χ2v) is 5.76. The standard InChI is InChI=1S/C19H22FNO2/c1-14(17-9-5-6-10-18(17)20)11-19(23)21-16(13-22)12-15-7-3-2-4-8-15/h2-10,14,16,22H,11-13H2,1H3,(H,21,23). The van der Waals surface area contributed by atoms with E-state index in [1.54, 1.807) is 18.2 Å². The Balaban J connectivity index is 1.91. The second kappa shape index (κ2) is 8.44. The molecule has 0 aliphatic heterocycles. The minimum atomic E-state index is -0.335. The molecule has 0 fully saturated rings. The topological polar surface area (TPSA) is 49.3 Å². The van der Waals surface area contributed by atoms with Gasteiger partial charge in [-0.15, -0.1) is 0 Å². The number of benzene rings is 2. The highest BCUT2D eigenvalue weighted by Gasteiger charge is 2.17. The fourth-order valence-electron chi connectivity index (χ4n) is 2.61. The van der Waals surface area contributed by atoms with Crippen LogP contribution >= 0.6 is 0 Å². The SMILES string of the molecule is CC(CC(=O)NC(CO)Cc1ccccc1)c1ccccc1F. The van der Waals surface area contributed by atoms with E-state index in [0.29, 0.717) is 12.0 Å². The van der Waals surface area contributed by atoms with Crippen LogP contribution in [0.3, 0.4) is 0 Å². The third-order valence-electron chi connectivity index (χ3n) is 3.84. The first-order valence-corrected chi connectivity index (χ1v) is 7.78. The molecule has 4 heteroatoms. The van der Waals surface area contributed by atoms with Crippen LogP contribution in [-0.4, -0.2) is 23.7 Å². The lowest BCUT2D eigenvalue weighted by molar-refractivity contribution is -0.122. The molecule has 0 spiro atoms. The third kappa shape index (κ3) is 5.18. The fraction of sp³-hybridized carbons (Fsp3) is 0.316. The summed E-state index contributed by atoms with van der Waals surface area (Å²) >= 11 is 0. The summed E-state index contributed by atoms with van der Waals surface area (Å²) < 4.78 is 13.7. The van der Waals surface area contributed by atoms with Gasteiger partial charge >= 0.3 is 0 Å². The molecule has 0 aliphatic rings. The molecule has 0 heterocycles. The van der Waals surface area contributed by atoms with Crippen molar-refractivity contribution < 1.29 is 14.3 Å². The molecule has 0 saturated carbocycles. The Morgan fingerprint density at radius 2 is 1.78 bits per heavy atom. The summed E-state index contributed by atoms with van der Waals surface area (Å²) in [5.74, 6) is -0.696. The number of hydrogen-bond donors (Lipinski definition) is 2. The van der Waals surface area contributed by atoms with Gasteiger partial charge in [0.15, 0.2) is 0 Å². The van der Waals surface area contributed by atoms with Gasteiger partial charge in [-0.2, -0.15) is 0 Å². The van der Waals surface area contributed by atoms with Gasteiger partial charge in [-0.1, -0.05) is 55.5 Å². The van der Waals surface area contributed by atoms with Crippen LogP contribution in [0, 0.1) is 5.82 Å². The quantitative estimate of drug-likeness (QED) is 0.825. The molecule has 23 heavy (non-hydrogen) atoms. The molecule has 2 aromatic rings. The lowest BCUT2D eigenvalue weighted by atomic mass is 9.96. The van der Waals surface area contributed by atoms with Gasteiger partial charge in [0, 0.05) is 6.42 Å². The van der Waals surface area contributed by atoms with Crippen LogP contribution in [0.4, 0.5) is 4.39 Å². The Bertz CT molecular complexity index is 630. The number of aliphatic hydroxyl groups excluding tert-OH is 1. The zero-order valence-electron chi connectivity index (χ0n) is 13.2. The molecule has 0 aromatic heterocycles. The Kier molecular flexibility index (Phi) is 6.29. The zero-order valence-corrected chi connectivity index (χ0v) is 13.2. The number of carbonyl (C=O) groups is 1. The van der Waals surface area contributed by atoms with Crippen LogP contribution < -0.4 is 5.32 Å². The van der Waals surface area contributed by atoms with Gasteiger partial charge in [0.05, 0.1) is 12.6 Å². The molecule has 0 aliphatic carbocycles. The molecule has 122 valence electrons. The van der Waals surface area contributed by atoms with Crippen molar-refractivity contribution in [3.05, 3.63) is 71.5 Å². The van der Waals surface area contributed by atoms with Crippen molar-refractivity contribution in [1.82, 2.24) is 5.32 Å². The van der Waals surface area contributed by atoms with E-state index in [2.05, 4.69) is 5.32 Å². The van der Waals surface area contributed by atoms with Crippen LogP contribution in [-0.2, 0) is 11.2 Å². The molecule has 0 bridgehead atoms. The molecule has 2 atom stereocenters. The molecular weight excluding hydrogens is 293 g/mol. The molecule has 0 saturated heterocycles. The minimum absolute atomic E-state index is 0.130. The van der Waals surface area contributed by atoms with Gasteiger partial charge in [-0.3, -0.25) is 4.79 Å². The maximum atomic E-state index is 13.7. The molecular formula is C19H22FNO2. The van der Waals surface area contributed by atoms with Crippen molar-refractivity contribution in [2.24, 2.45) is 0 Å². The van der Waals surface area contributed by atoms with E-state index >= 15 is 0 Å². The lowest BCUT2D eigenvalue weighted by Gasteiger charge is -2.18. The van der Waals surface area contributed by atoms with E-state index in [1.807, 2.05) is 37.3 Å². The number of aliphatic hydroxyl groups is 1. The van der Waals surface area contributed by atoms with Gasteiger partial charge in [-0.05, 0) is 29.5 Å². The third-order valence-corrected chi connectivity index (χ3v) is 3.84. The Hall–Kier alpha value is -2.20. The number of halogens is 1. The minimum Gasteiger partial charge on any atom is -0.394 e. The highest BCUT2D eigenvalue weighted by atomic mass is 19.1. The number of nitrogens with one attached hydrogen (secondary N) is 1. The van der Waals surface area contributed by atoms with Crippen molar-refractivity contribution in [1.29, 1.82) is 0 Å². The largest absolute Gasteiger partial charge is 0.394 e. The summed E-state index contributed by atoms with van der Waals surface area (Å²) in [6.07, 6.45) is 0.753. The summed E-state index contributed by atoms with van der Waals surface area (Å²) in [6.45, 7) is 1.69. The second-order valence-electron chi connectivity index (χ2n) is 5.76. The summed E-state index contributed by atoms with van der Waals surface area (Å²) in [7, 11) is 0. The summed E-state index contributed by atoms with van der Waals surface area (Å²) in [6, 6.07) is 15.8. The Morgan fingerprint density at radius 3 is 2.43 bits per heavy atom. The van der Waals surface area contributed by atoms with E-state index in [4.69, 9.17) is 0 Å². The van der Waals surface area contributed by atoms with Crippen molar-refractivity contribution >= 4 is 5.91 Å². The maximum Gasteiger partial charge on any atom is 0.220 e. The molecule has 2 unspecified atom stereocenters. The zero-order chi connectivity index (χ0) is 16.7. The van der Waals surface area contributed by atoms with Crippen LogP contribution in [0.25, 0.3) is 0 Å². The van der Waals surface area contributed by atoms with E-state index in [0.717, 1.165) is 5.56 Å². The molecule has 2 N–H and O–H groups in total. The number of rotatable bonds is 7. The van der Waals surface area contributed by atoms with E-state index in [1.165, 1.54) is 6.07 Å². The first-order chi connectivity index (χ1) is 11.1. The van der Waals surface area contributed by atoms with Gasteiger partial charge in [-0.25, -0.2) is 4.39 Å². The van der Waals surface area contributed by atoms with Crippen molar-refractivity contribution in [3.8, 4) is 0 Å². The summed E-state index contributed by atoms with van der Waals surface area (Å²) in [5, 5.41) is 12.3. The monoisotopic (exact) mass is 315 g/mol. The van der Waals surface area contributed by atoms with Crippen molar-refractivity contribution in [2.45, 2.75) is 31.7 Å². The van der Waals surface area contributed by atoms with E-state index in [9.17, 15) is 14.3 Å². The fourth-order valence-corrected chi connectivity index (χ4v) is 2.61. The first kappa shape index (κ1) is 17.2. The summed E-state index contributed by atoms with van der Waals surface area (Å²) in [4.78, 5) is 12.2. The van der Waals surface area contributed by atoms with Gasteiger partial charge in [0.25, 0.3) is 0 Å². The smallest absolute Gasteiger partial charge is 0.220 e. The first-order valence-electron chi connectivity index (χ1n) is 7.78. The number of amides is 1. The van der Waals surface area contributed by atoms with Gasteiger partial charge in [0.2, 0.25) is 5.91 Å². The molecule has 2 rings (SSSR count). The lowest BCUT2D eigenvalue weighted by Crippen LogP contribution is -2.39. The van der Waals surface area contributed by atoms with Crippen molar-refractivity contribution in [3.63, 3.8) is 0 Å². The Morgan fingerprint density at radius 1 is 1.13 bits per heavy atom. The van der Waals surface area contributed by atoms with E-state index < -0.39 is 0 Å². The Labute approximate surface area is 136 Å². The van der Waals surface area contributed by atoms with Crippen LogP contribution in [0.15, 0.2) is 54.6 Å². The highest BCUT2D eigenvalue weighted by molar-refractivity contribution is 5.77. The molecule has 1 amide bonds.